The molecule has 1 aromatic carbocycles. The van der Waals surface area contributed by atoms with Crippen LogP contribution in [0.5, 0.6) is 0 Å². The summed E-state index contributed by atoms with van der Waals surface area (Å²) in [6.45, 7) is 12.9. The molecule has 0 radical (unpaired) electrons. The van der Waals surface area contributed by atoms with Crippen LogP contribution >= 0.6 is 0 Å². The number of nitrogens with one attached hydrogen (secondary N) is 1. The highest BCUT2D eigenvalue weighted by molar-refractivity contribution is 7.89. The summed E-state index contributed by atoms with van der Waals surface area (Å²) in [6, 6.07) is 7.95. The monoisotopic (exact) mass is 388 g/mol. The maximum Gasteiger partial charge on any atom is 0.241 e. The second-order valence-electron chi connectivity index (χ2n) is 8.00. The highest BCUT2D eigenvalue weighted by Gasteiger charge is 2.26. The fourth-order valence-electron chi connectivity index (χ4n) is 3.15. The first-order valence-electron chi connectivity index (χ1n) is 9.69. The van der Waals surface area contributed by atoms with Gasteiger partial charge in [-0.25, -0.2) is 13.1 Å². The number of hydrogen-bond donors (Lipinski definition) is 1. The largest absolute Gasteiger partial charge is 0.264 e. The Bertz CT molecular complexity index is 828. The zero-order chi connectivity index (χ0) is 20.2. The predicted molar refractivity (Wildman–Crippen MR) is 112 cm³/mol. The molecule has 0 aliphatic carbocycles. The molecule has 4 nitrogen and oxygen atoms in total. The SMILES string of the molecule is CC(C)c1cc(C(C)C)c(S(=O)(=O)NCCc2cccnc2)c(C(C)C)c1. The molecule has 0 spiro atoms. The summed E-state index contributed by atoms with van der Waals surface area (Å²) in [5.74, 6) is 0.618. The summed E-state index contributed by atoms with van der Waals surface area (Å²) in [7, 11) is -3.59. The van der Waals surface area contributed by atoms with Crippen molar-refractivity contribution >= 4 is 10.0 Å². The van der Waals surface area contributed by atoms with E-state index >= 15 is 0 Å². The van der Waals surface area contributed by atoms with E-state index in [1.807, 2.05) is 12.1 Å². The second kappa shape index (κ2) is 8.98. The van der Waals surface area contributed by atoms with Gasteiger partial charge in [-0.2, -0.15) is 0 Å². The van der Waals surface area contributed by atoms with Crippen molar-refractivity contribution in [3.63, 3.8) is 0 Å². The Morgan fingerprint density at radius 3 is 2.00 bits per heavy atom. The molecule has 2 rings (SSSR count). The van der Waals surface area contributed by atoms with E-state index in [4.69, 9.17) is 0 Å². The Morgan fingerprint density at radius 1 is 0.963 bits per heavy atom. The van der Waals surface area contributed by atoms with Crippen LogP contribution in [0.4, 0.5) is 0 Å². The molecule has 0 atom stereocenters. The van der Waals surface area contributed by atoms with Gasteiger partial charge in [-0.15, -0.1) is 0 Å². The first-order chi connectivity index (χ1) is 12.6. The summed E-state index contributed by atoms with van der Waals surface area (Å²) in [5.41, 5.74) is 4.01. The second-order valence-corrected chi connectivity index (χ2v) is 9.71. The Labute approximate surface area is 164 Å². The Balaban J connectivity index is 2.41. The lowest BCUT2D eigenvalue weighted by Crippen LogP contribution is -2.28. The van der Waals surface area contributed by atoms with E-state index in [2.05, 4.69) is 63.4 Å². The van der Waals surface area contributed by atoms with Gasteiger partial charge in [0, 0.05) is 18.9 Å². The maximum absolute atomic E-state index is 13.2. The van der Waals surface area contributed by atoms with E-state index in [9.17, 15) is 8.42 Å². The number of benzene rings is 1. The third kappa shape index (κ3) is 5.39. The standard InChI is InChI=1S/C22H32N2O2S/c1-15(2)19-12-20(16(3)4)22(21(13-19)17(5)6)27(25,26)24-11-9-18-8-7-10-23-14-18/h7-8,10,12-17,24H,9,11H2,1-6H3. The first-order valence-corrected chi connectivity index (χ1v) is 11.2. The van der Waals surface area contributed by atoms with Crippen molar-refractivity contribution in [1.82, 2.24) is 9.71 Å². The molecular formula is C22H32N2O2S. The molecule has 148 valence electrons. The van der Waals surface area contributed by atoms with E-state index < -0.39 is 10.0 Å². The molecule has 27 heavy (non-hydrogen) atoms. The zero-order valence-electron chi connectivity index (χ0n) is 17.3. The molecule has 1 aromatic heterocycles. The van der Waals surface area contributed by atoms with Crippen molar-refractivity contribution in [2.24, 2.45) is 0 Å². The minimum atomic E-state index is -3.59. The van der Waals surface area contributed by atoms with Crippen molar-refractivity contribution in [1.29, 1.82) is 0 Å². The molecule has 0 saturated heterocycles. The van der Waals surface area contributed by atoms with Crippen LogP contribution < -0.4 is 4.72 Å². The number of hydrogen-bond acceptors (Lipinski definition) is 3. The summed E-state index contributed by atoms with van der Waals surface area (Å²) >= 11 is 0. The number of pyridine rings is 1. The average Bonchev–Trinajstić information content (AvgIpc) is 2.61. The first kappa shape index (κ1) is 21.6. The van der Waals surface area contributed by atoms with Crippen molar-refractivity contribution in [3.8, 4) is 0 Å². The van der Waals surface area contributed by atoms with Gasteiger partial charge in [0.1, 0.15) is 0 Å². The van der Waals surface area contributed by atoms with E-state index in [0.717, 1.165) is 16.7 Å². The van der Waals surface area contributed by atoms with E-state index in [1.165, 1.54) is 5.56 Å². The van der Waals surface area contributed by atoms with Crippen molar-refractivity contribution in [3.05, 3.63) is 58.9 Å². The summed E-state index contributed by atoms with van der Waals surface area (Å²) in [5, 5.41) is 0. The van der Waals surface area contributed by atoms with E-state index in [-0.39, 0.29) is 11.8 Å². The average molecular weight is 389 g/mol. The molecule has 0 bridgehead atoms. The van der Waals surface area contributed by atoms with Crippen LogP contribution in [-0.4, -0.2) is 19.9 Å². The van der Waals surface area contributed by atoms with Gasteiger partial charge in [0.2, 0.25) is 10.0 Å². The molecule has 0 saturated carbocycles. The summed E-state index contributed by atoms with van der Waals surface area (Å²) < 4.78 is 29.3. The summed E-state index contributed by atoms with van der Waals surface area (Å²) in [6.07, 6.45) is 4.10. The van der Waals surface area contributed by atoms with E-state index in [0.29, 0.717) is 23.8 Å². The number of sulfonamides is 1. The van der Waals surface area contributed by atoms with Crippen molar-refractivity contribution in [2.45, 2.75) is 70.6 Å². The predicted octanol–water partition coefficient (Wildman–Crippen LogP) is 4.97. The molecule has 1 heterocycles. The van der Waals surface area contributed by atoms with Crippen LogP contribution in [0, 0.1) is 0 Å². The third-order valence-electron chi connectivity index (χ3n) is 4.78. The lowest BCUT2D eigenvalue weighted by molar-refractivity contribution is 0.576. The Morgan fingerprint density at radius 2 is 1.56 bits per heavy atom. The Hall–Kier alpha value is -1.72. The van der Waals surface area contributed by atoms with Gasteiger partial charge >= 0.3 is 0 Å². The molecule has 2 aromatic rings. The molecule has 0 unspecified atom stereocenters. The van der Waals surface area contributed by atoms with Gasteiger partial charge in [-0.3, -0.25) is 4.98 Å². The van der Waals surface area contributed by atoms with Gasteiger partial charge < -0.3 is 0 Å². The minimum absolute atomic E-state index is 0.131. The number of nitrogens with zero attached hydrogens (tertiary/aromatic N) is 1. The molecule has 0 amide bonds. The van der Waals surface area contributed by atoms with Crippen molar-refractivity contribution < 1.29 is 8.42 Å². The topological polar surface area (TPSA) is 59.1 Å². The number of aromatic nitrogens is 1. The molecule has 0 fully saturated rings. The quantitative estimate of drug-likeness (QED) is 0.694. The molecule has 0 aliphatic rings. The van der Waals surface area contributed by atoms with Gasteiger partial charge in [-0.1, -0.05) is 59.7 Å². The van der Waals surface area contributed by atoms with E-state index in [1.54, 1.807) is 12.4 Å². The lowest BCUT2D eigenvalue weighted by Gasteiger charge is -2.23. The van der Waals surface area contributed by atoms with Crippen LogP contribution in [0.1, 0.15) is 81.5 Å². The van der Waals surface area contributed by atoms with Crippen LogP contribution in [0.2, 0.25) is 0 Å². The minimum Gasteiger partial charge on any atom is -0.264 e. The van der Waals surface area contributed by atoms with Gasteiger partial charge in [-0.05, 0) is 52.5 Å². The Kier molecular flexibility index (Phi) is 7.18. The fraction of sp³-hybridized carbons (Fsp3) is 0.500. The lowest BCUT2D eigenvalue weighted by atomic mass is 9.89. The zero-order valence-corrected chi connectivity index (χ0v) is 18.1. The van der Waals surface area contributed by atoms with Gasteiger partial charge in [0.15, 0.2) is 0 Å². The maximum atomic E-state index is 13.2. The molecule has 5 heteroatoms. The highest BCUT2D eigenvalue weighted by atomic mass is 32.2. The van der Waals surface area contributed by atoms with Crippen LogP contribution in [-0.2, 0) is 16.4 Å². The smallest absolute Gasteiger partial charge is 0.241 e. The fourth-order valence-corrected chi connectivity index (χ4v) is 4.87. The van der Waals surface area contributed by atoms with Crippen molar-refractivity contribution in [2.75, 3.05) is 6.54 Å². The highest BCUT2D eigenvalue weighted by Crippen LogP contribution is 2.34. The molecular weight excluding hydrogens is 356 g/mol. The van der Waals surface area contributed by atoms with Gasteiger partial charge in [0.05, 0.1) is 4.90 Å². The molecule has 1 N–H and O–H groups in total. The molecule has 0 aliphatic heterocycles. The number of rotatable bonds is 8. The van der Waals surface area contributed by atoms with Crippen LogP contribution in [0.3, 0.4) is 0 Å². The third-order valence-corrected chi connectivity index (χ3v) is 6.37. The van der Waals surface area contributed by atoms with Gasteiger partial charge in [0.25, 0.3) is 0 Å². The van der Waals surface area contributed by atoms with Crippen LogP contribution in [0.25, 0.3) is 0 Å². The normalized spacial score (nSPS) is 12.3. The summed E-state index contributed by atoms with van der Waals surface area (Å²) in [4.78, 5) is 4.54. The van der Waals surface area contributed by atoms with Crippen LogP contribution in [0.15, 0.2) is 41.6 Å².